The molecule has 0 unspecified atom stereocenters. The molecule has 184 valence electrons. The van der Waals surface area contributed by atoms with E-state index in [4.69, 9.17) is 0 Å². The van der Waals surface area contributed by atoms with Gasteiger partial charge in [-0.25, -0.2) is 9.36 Å². The van der Waals surface area contributed by atoms with Crippen molar-refractivity contribution in [3.63, 3.8) is 0 Å². The van der Waals surface area contributed by atoms with Gasteiger partial charge in [0.25, 0.3) is 11.5 Å². The fourth-order valence-corrected chi connectivity index (χ4v) is 5.20. The molecule has 2 aromatic heterocycles. The number of hydrogen-bond donors (Lipinski definition) is 2. The van der Waals surface area contributed by atoms with Crippen LogP contribution in [0.2, 0.25) is 0 Å². The molecule has 13 heteroatoms. The van der Waals surface area contributed by atoms with E-state index in [9.17, 15) is 28.7 Å². The minimum absolute atomic E-state index is 0.163. The predicted octanol–water partition coefficient (Wildman–Crippen LogP) is 1.53. The zero-order chi connectivity index (χ0) is 25.5. The lowest BCUT2D eigenvalue weighted by molar-refractivity contribution is -0.117. The summed E-state index contributed by atoms with van der Waals surface area (Å²) in [7, 11) is -1.80. The minimum Gasteiger partial charge on any atom is -0.303 e. The van der Waals surface area contributed by atoms with Crippen LogP contribution in [-0.2, 0) is 41.1 Å². The molecule has 35 heavy (non-hydrogen) atoms. The Balaban J connectivity index is 1.73. The molecule has 0 aliphatic heterocycles. The predicted molar refractivity (Wildman–Crippen MR) is 129 cm³/mol. The highest BCUT2D eigenvalue weighted by Crippen LogP contribution is 2.36. The van der Waals surface area contributed by atoms with Crippen molar-refractivity contribution in [3.8, 4) is 11.3 Å². The average molecular weight is 518 g/mol. The number of phosphoric acid groups is 1. The van der Waals surface area contributed by atoms with Crippen molar-refractivity contribution in [1.82, 2.24) is 13.7 Å². The van der Waals surface area contributed by atoms with E-state index in [2.05, 4.69) is 9.52 Å². The van der Waals surface area contributed by atoms with Gasteiger partial charge in [-0.05, 0) is 18.1 Å². The van der Waals surface area contributed by atoms with Crippen LogP contribution < -0.4 is 16.1 Å². The lowest BCUT2D eigenvalue weighted by Gasteiger charge is -2.11. The number of amides is 1. The maximum absolute atomic E-state index is 13.0. The van der Waals surface area contributed by atoms with Gasteiger partial charge in [0, 0.05) is 31.6 Å². The molecule has 4 rings (SSSR count). The first-order valence-electron chi connectivity index (χ1n) is 10.5. The van der Waals surface area contributed by atoms with Crippen LogP contribution in [-0.4, -0.2) is 29.4 Å². The molecule has 2 heterocycles. The summed E-state index contributed by atoms with van der Waals surface area (Å²) in [6.07, 6.45) is 0.219. The lowest BCUT2D eigenvalue weighted by Crippen LogP contribution is -2.40. The largest absolute Gasteiger partial charge is 0.471 e. The third kappa shape index (κ3) is 4.97. The fourth-order valence-electron chi connectivity index (χ4n) is 4.02. The summed E-state index contributed by atoms with van der Waals surface area (Å²) in [4.78, 5) is 60.8. The van der Waals surface area contributed by atoms with Crippen LogP contribution in [0, 0.1) is 0 Å². The van der Waals surface area contributed by atoms with Gasteiger partial charge in [-0.2, -0.15) is 4.99 Å². The van der Waals surface area contributed by atoms with E-state index in [1.807, 2.05) is 30.3 Å². The molecule has 0 saturated heterocycles. The lowest BCUT2D eigenvalue weighted by atomic mass is 10.1. The van der Waals surface area contributed by atoms with Gasteiger partial charge in [-0.1, -0.05) is 35.9 Å². The molecule has 0 spiro atoms. The topological polar surface area (TPSA) is 145 Å². The highest BCUT2D eigenvalue weighted by Gasteiger charge is 2.28. The Bertz CT molecular complexity index is 1590. The molecule has 0 saturated carbocycles. The van der Waals surface area contributed by atoms with Crippen LogP contribution in [0.4, 0.5) is 0 Å². The summed E-state index contributed by atoms with van der Waals surface area (Å²) in [6, 6.07) is 9.07. The van der Waals surface area contributed by atoms with Crippen LogP contribution in [0.5, 0.6) is 0 Å². The van der Waals surface area contributed by atoms with Crippen LogP contribution in [0.3, 0.4) is 0 Å². The second-order valence-electron chi connectivity index (χ2n) is 8.09. The molecular formula is C22H23N4O7PS. The number of carbonyl (C=O) groups excluding carboxylic acids is 1. The Labute approximate surface area is 203 Å². The molecule has 0 bridgehead atoms. The zero-order valence-corrected chi connectivity index (χ0v) is 20.9. The van der Waals surface area contributed by atoms with Crippen LogP contribution >= 0.6 is 19.2 Å². The van der Waals surface area contributed by atoms with E-state index in [0.717, 1.165) is 27.0 Å². The smallest absolute Gasteiger partial charge is 0.303 e. The number of nitrogens with zero attached hydrogens (tertiary/aromatic N) is 4. The van der Waals surface area contributed by atoms with E-state index in [0.29, 0.717) is 28.9 Å². The Morgan fingerprint density at radius 3 is 2.51 bits per heavy atom. The number of aromatic nitrogens is 3. The molecule has 1 amide bonds. The number of allylic oxidation sites excluding steroid dienone is 1. The third-order valence-corrected chi connectivity index (χ3v) is 7.12. The number of thiazole rings is 1. The van der Waals surface area contributed by atoms with E-state index >= 15 is 0 Å². The second kappa shape index (κ2) is 9.48. The molecule has 1 aromatic carbocycles. The van der Waals surface area contributed by atoms with Gasteiger partial charge in [0.15, 0.2) is 4.80 Å². The summed E-state index contributed by atoms with van der Waals surface area (Å²) < 4.78 is 19.8. The van der Waals surface area contributed by atoms with Crippen LogP contribution in [0.1, 0.15) is 24.6 Å². The first-order chi connectivity index (χ1) is 16.5. The molecule has 0 fully saturated rings. The van der Waals surface area contributed by atoms with E-state index in [-0.39, 0.29) is 11.2 Å². The quantitative estimate of drug-likeness (QED) is 0.471. The first kappa shape index (κ1) is 25.0. The van der Waals surface area contributed by atoms with Crippen LogP contribution in [0.25, 0.3) is 16.8 Å². The van der Waals surface area contributed by atoms with Crippen LogP contribution in [0.15, 0.2) is 55.9 Å². The van der Waals surface area contributed by atoms with Crippen molar-refractivity contribution in [2.75, 3.05) is 0 Å². The SMILES string of the molecule is CC1=C(CC(=O)/N=c2\scc(-c3ccccc3)n2COP(=O)(O)O)c2c(n(C)c(=O)n(C)c2=O)C1. The van der Waals surface area contributed by atoms with E-state index < -0.39 is 31.7 Å². The van der Waals surface area contributed by atoms with Gasteiger partial charge in [-0.15, -0.1) is 11.3 Å². The molecule has 0 atom stereocenters. The zero-order valence-electron chi connectivity index (χ0n) is 19.2. The number of benzene rings is 1. The summed E-state index contributed by atoms with van der Waals surface area (Å²) in [5.74, 6) is -0.547. The fraction of sp³-hybridized carbons (Fsp3) is 0.273. The molecule has 2 N–H and O–H groups in total. The second-order valence-corrected chi connectivity index (χ2v) is 10.2. The number of rotatable bonds is 6. The van der Waals surface area contributed by atoms with Gasteiger partial charge in [0.2, 0.25) is 0 Å². The molecular weight excluding hydrogens is 495 g/mol. The van der Waals surface area contributed by atoms with Crippen molar-refractivity contribution in [2.45, 2.75) is 26.5 Å². The van der Waals surface area contributed by atoms with Crippen molar-refractivity contribution in [2.24, 2.45) is 19.1 Å². The monoisotopic (exact) mass is 518 g/mol. The molecule has 11 nitrogen and oxygen atoms in total. The molecule has 1 aliphatic carbocycles. The summed E-state index contributed by atoms with van der Waals surface area (Å²) in [6.45, 7) is 1.29. The Morgan fingerprint density at radius 2 is 1.86 bits per heavy atom. The Kier molecular flexibility index (Phi) is 6.76. The summed E-state index contributed by atoms with van der Waals surface area (Å²) in [5, 5.41) is 1.71. The van der Waals surface area contributed by atoms with Crippen molar-refractivity contribution >= 4 is 30.6 Å². The molecule has 3 aromatic rings. The Hall–Kier alpha value is -3.15. The van der Waals surface area contributed by atoms with Gasteiger partial charge < -0.3 is 9.79 Å². The van der Waals surface area contributed by atoms with Gasteiger partial charge in [0.1, 0.15) is 6.73 Å². The highest BCUT2D eigenvalue weighted by molar-refractivity contribution is 7.46. The maximum atomic E-state index is 13.0. The normalized spacial score (nSPS) is 14.0. The average Bonchev–Trinajstić information content (AvgIpc) is 3.35. The molecule has 1 aliphatic rings. The minimum atomic E-state index is -4.78. The number of carbonyl (C=O) groups is 1. The van der Waals surface area contributed by atoms with Gasteiger partial charge in [-0.3, -0.25) is 27.8 Å². The first-order valence-corrected chi connectivity index (χ1v) is 12.9. The number of phosphoric ester groups is 1. The van der Waals surface area contributed by atoms with E-state index in [1.54, 1.807) is 19.4 Å². The van der Waals surface area contributed by atoms with Crippen molar-refractivity contribution < 1.29 is 23.7 Å². The van der Waals surface area contributed by atoms with Gasteiger partial charge in [0.05, 0.1) is 17.7 Å². The van der Waals surface area contributed by atoms with E-state index in [1.165, 1.54) is 16.2 Å². The number of hydrogen-bond acceptors (Lipinski definition) is 6. The number of fused-ring (bicyclic) bond motifs is 1. The third-order valence-electron chi connectivity index (χ3n) is 5.81. The summed E-state index contributed by atoms with van der Waals surface area (Å²) >= 11 is 1.12. The Morgan fingerprint density at radius 1 is 1.17 bits per heavy atom. The maximum Gasteiger partial charge on any atom is 0.471 e. The van der Waals surface area contributed by atoms with Gasteiger partial charge >= 0.3 is 13.5 Å². The summed E-state index contributed by atoms with van der Waals surface area (Å²) in [5.41, 5.74) is 2.65. The van der Waals surface area contributed by atoms with Crippen molar-refractivity contribution in [1.29, 1.82) is 0 Å². The van der Waals surface area contributed by atoms with Crippen molar-refractivity contribution in [3.05, 3.63) is 78.2 Å². The standard InChI is InChI=1S/C22H23N4O7PS/c1-13-9-16-19(20(28)25(3)22(29)24(16)2)15(13)10-18(27)23-21-26(12-33-34(30,31)32)17(11-35-21)14-7-5-4-6-8-14/h4-8,11H,9-10,12H2,1-3H3,(H2,30,31,32)/b23-21-. The molecule has 0 radical (unpaired) electrons. The highest BCUT2D eigenvalue weighted by atomic mass is 32.1.